The van der Waals surface area contributed by atoms with Crippen molar-refractivity contribution >= 4 is 23.2 Å². The second-order valence-corrected chi connectivity index (χ2v) is 11.5. The van der Waals surface area contributed by atoms with Gasteiger partial charge in [-0.25, -0.2) is 5.43 Å². The van der Waals surface area contributed by atoms with Crippen LogP contribution in [0, 0.1) is 23.2 Å². The minimum atomic E-state index is -0.417. The lowest BCUT2D eigenvalue weighted by Crippen LogP contribution is -2.42. The minimum absolute atomic E-state index is 0.0565. The van der Waals surface area contributed by atoms with E-state index in [0.29, 0.717) is 40.8 Å². The number of carbonyl (C=O) groups excluding carboxylic acids is 2. The van der Waals surface area contributed by atoms with E-state index in [1.54, 1.807) is 26.0 Å². The number of hydrazine groups is 1. The number of carbonyl (C=O) groups is 2. The number of hydrogen-bond donors (Lipinski definition) is 3. The van der Waals surface area contributed by atoms with Crippen molar-refractivity contribution in [3.8, 4) is 6.07 Å². The summed E-state index contributed by atoms with van der Waals surface area (Å²) < 4.78 is 0. The van der Waals surface area contributed by atoms with E-state index >= 15 is 0 Å². The normalized spacial score (nSPS) is 13.5. The number of hydrogen-bond acceptors (Lipinski definition) is 6. The minimum Gasteiger partial charge on any atom is -0.338 e. The number of unbranched alkanes of at least 4 members (excludes halogenated alkanes) is 4. The average Bonchev–Trinajstić information content (AvgIpc) is 3.00. The summed E-state index contributed by atoms with van der Waals surface area (Å²) in [4.78, 5) is 28.6. The lowest BCUT2D eigenvalue weighted by Gasteiger charge is -2.30. The van der Waals surface area contributed by atoms with Gasteiger partial charge in [-0.05, 0) is 74.8 Å². The zero-order valence-electron chi connectivity index (χ0n) is 27.3. The molecular weight excluding hydrogens is 524 g/mol. The molecule has 2 atom stereocenters. The number of hydrazone groups is 1. The number of anilines is 1. The molecule has 0 saturated heterocycles. The number of amides is 2. The molecule has 234 valence electrons. The van der Waals surface area contributed by atoms with E-state index in [-0.39, 0.29) is 11.6 Å². The van der Waals surface area contributed by atoms with Crippen LogP contribution in [0.1, 0.15) is 123 Å². The highest BCUT2D eigenvalue weighted by Crippen LogP contribution is 2.20. The smallest absolute Gasteiger partial charge is 0.286 e. The fraction of sp³-hybridized carbons (Fsp3) is 0.647. The maximum absolute atomic E-state index is 13.7. The molecule has 0 bridgehead atoms. The second kappa shape index (κ2) is 21.5. The summed E-state index contributed by atoms with van der Waals surface area (Å²) in [5.41, 5.74) is 10.9. The Morgan fingerprint density at radius 3 is 2.17 bits per heavy atom. The molecule has 0 aliphatic heterocycles. The van der Waals surface area contributed by atoms with Gasteiger partial charge in [0.25, 0.3) is 11.8 Å². The van der Waals surface area contributed by atoms with Gasteiger partial charge in [-0.1, -0.05) is 79.6 Å². The molecule has 8 heteroatoms. The number of rotatable bonds is 21. The topological polar surface area (TPSA) is 110 Å². The average molecular weight is 581 g/mol. The van der Waals surface area contributed by atoms with Crippen LogP contribution in [0.15, 0.2) is 40.5 Å². The molecule has 3 N–H and O–H groups in total. The van der Waals surface area contributed by atoms with Crippen LogP contribution >= 0.6 is 0 Å². The highest BCUT2D eigenvalue weighted by atomic mass is 16.2. The van der Waals surface area contributed by atoms with Crippen molar-refractivity contribution in [3.63, 3.8) is 0 Å². The fourth-order valence-corrected chi connectivity index (χ4v) is 4.71. The molecule has 0 spiro atoms. The van der Waals surface area contributed by atoms with Crippen molar-refractivity contribution in [2.75, 3.05) is 25.1 Å². The number of nitrogens with one attached hydrogen (secondary N) is 3. The van der Waals surface area contributed by atoms with Gasteiger partial charge in [-0.15, -0.1) is 0 Å². The Bertz CT molecular complexity index is 1040. The first kappa shape index (κ1) is 36.8. The summed E-state index contributed by atoms with van der Waals surface area (Å²) in [6, 6.07) is 9.33. The van der Waals surface area contributed by atoms with Gasteiger partial charge < -0.3 is 4.90 Å². The monoisotopic (exact) mass is 580 g/mol. The van der Waals surface area contributed by atoms with Gasteiger partial charge in [0.15, 0.2) is 5.71 Å². The molecule has 0 aromatic heterocycles. The predicted molar refractivity (Wildman–Crippen MR) is 175 cm³/mol. The van der Waals surface area contributed by atoms with Crippen LogP contribution in [0.5, 0.6) is 0 Å². The van der Waals surface area contributed by atoms with E-state index in [0.717, 1.165) is 58.0 Å². The van der Waals surface area contributed by atoms with Crippen LogP contribution in [-0.2, 0) is 4.79 Å². The highest BCUT2D eigenvalue weighted by molar-refractivity contribution is 6.45. The highest BCUT2D eigenvalue weighted by Gasteiger charge is 2.22. The van der Waals surface area contributed by atoms with Gasteiger partial charge in [0.05, 0.1) is 11.8 Å². The molecule has 42 heavy (non-hydrogen) atoms. The molecule has 0 saturated carbocycles. The number of benzene rings is 1. The summed E-state index contributed by atoms with van der Waals surface area (Å²) in [6.07, 6.45) is 11.1. The largest absolute Gasteiger partial charge is 0.338 e. The quantitative estimate of drug-likeness (QED) is 0.0600. The van der Waals surface area contributed by atoms with Gasteiger partial charge in [0.1, 0.15) is 0 Å². The first-order valence-electron chi connectivity index (χ1n) is 16.1. The predicted octanol–water partition coefficient (Wildman–Crippen LogP) is 7.61. The lowest BCUT2D eigenvalue weighted by molar-refractivity contribution is -0.115. The molecule has 0 aliphatic carbocycles. The molecule has 8 nitrogen and oxygen atoms in total. The maximum Gasteiger partial charge on any atom is 0.286 e. The van der Waals surface area contributed by atoms with Gasteiger partial charge in [0.2, 0.25) is 0 Å². The zero-order valence-corrected chi connectivity index (χ0v) is 27.3. The Morgan fingerprint density at radius 1 is 0.929 bits per heavy atom. The molecule has 0 aliphatic rings. The van der Waals surface area contributed by atoms with E-state index in [2.05, 4.69) is 67.0 Å². The molecule has 1 aromatic carbocycles. The number of nitrogens with zero attached hydrogens (tertiary/aromatic N) is 3. The number of nitriles is 1. The van der Waals surface area contributed by atoms with Crippen LogP contribution in [0.4, 0.5) is 5.69 Å². The van der Waals surface area contributed by atoms with Crippen molar-refractivity contribution in [2.24, 2.45) is 16.9 Å². The van der Waals surface area contributed by atoms with Crippen molar-refractivity contribution in [1.29, 1.82) is 5.26 Å². The third-order valence-electron chi connectivity index (χ3n) is 7.73. The van der Waals surface area contributed by atoms with E-state index < -0.39 is 5.91 Å². The summed E-state index contributed by atoms with van der Waals surface area (Å²) in [5, 5.41) is 13.7. The Kier molecular flexibility index (Phi) is 18.9. The molecule has 2 unspecified atom stereocenters. The molecule has 0 radical (unpaired) electrons. The van der Waals surface area contributed by atoms with Crippen molar-refractivity contribution in [3.05, 3.63) is 41.0 Å². The first-order chi connectivity index (χ1) is 20.2. The zero-order chi connectivity index (χ0) is 31.3. The van der Waals surface area contributed by atoms with E-state index in [1.165, 1.54) is 19.3 Å². The van der Waals surface area contributed by atoms with Gasteiger partial charge >= 0.3 is 0 Å². The molecule has 1 aromatic rings. The third-order valence-corrected chi connectivity index (χ3v) is 7.73. The molecule has 0 heterocycles. The molecule has 0 fully saturated rings. The Hall–Kier alpha value is -3.18. The SMILES string of the molecule is CCCCCNNC(=O)C(=N\Nc1ccc(C(=O)N(CC(C)CCCC)CC(CC)CCCC)cc1)/C(C)=C(\C)C#N. The van der Waals surface area contributed by atoms with E-state index in [4.69, 9.17) is 0 Å². The summed E-state index contributed by atoms with van der Waals surface area (Å²) in [5.74, 6) is 0.591. The van der Waals surface area contributed by atoms with Crippen molar-refractivity contribution in [1.82, 2.24) is 15.8 Å². The standard InChI is InChI=1S/C34H56N6O2/c1-8-12-15-22-36-39-33(41)32(28(7)27(6)23-35)38-37-31-20-18-30(19-21-31)34(42)40(24-26(5)16-13-9-2)25-29(11-4)17-14-10-3/h18-21,26,29,36-37H,8-17,22,24-25H2,1-7H3,(H,39,41)/b28-27+,38-32-. The third kappa shape index (κ3) is 13.7. The molecule has 2 amide bonds. The van der Waals surface area contributed by atoms with Crippen LogP contribution in [0.3, 0.4) is 0 Å². The van der Waals surface area contributed by atoms with Crippen molar-refractivity contribution < 1.29 is 9.59 Å². The summed E-state index contributed by atoms with van der Waals surface area (Å²) in [6.45, 7) is 16.6. The van der Waals surface area contributed by atoms with Gasteiger partial charge in [-0.3, -0.25) is 20.4 Å². The van der Waals surface area contributed by atoms with Crippen LogP contribution in [-0.4, -0.2) is 42.1 Å². The molecule has 1 rings (SSSR count). The maximum atomic E-state index is 13.7. The summed E-state index contributed by atoms with van der Waals surface area (Å²) in [7, 11) is 0. The van der Waals surface area contributed by atoms with E-state index in [1.807, 2.05) is 12.1 Å². The van der Waals surface area contributed by atoms with Crippen molar-refractivity contribution in [2.45, 2.75) is 113 Å². The molecular formula is C34H56N6O2. The van der Waals surface area contributed by atoms with Gasteiger partial charge in [-0.2, -0.15) is 10.4 Å². The van der Waals surface area contributed by atoms with Crippen LogP contribution in [0.2, 0.25) is 0 Å². The van der Waals surface area contributed by atoms with Crippen LogP contribution < -0.4 is 16.3 Å². The Balaban J connectivity index is 3.09. The first-order valence-corrected chi connectivity index (χ1v) is 16.1. The fourth-order valence-electron chi connectivity index (χ4n) is 4.71. The van der Waals surface area contributed by atoms with Crippen LogP contribution in [0.25, 0.3) is 0 Å². The lowest BCUT2D eigenvalue weighted by atomic mass is 9.97. The summed E-state index contributed by atoms with van der Waals surface area (Å²) >= 11 is 0. The van der Waals surface area contributed by atoms with E-state index in [9.17, 15) is 14.9 Å². The number of allylic oxidation sites excluding steroid dienone is 1. The Morgan fingerprint density at radius 2 is 1.57 bits per heavy atom. The van der Waals surface area contributed by atoms with Gasteiger partial charge in [0, 0.05) is 30.8 Å². The Labute approximate surface area is 255 Å². The second-order valence-electron chi connectivity index (χ2n) is 11.5.